The van der Waals surface area contributed by atoms with Crippen molar-refractivity contribution in [3.8, 4) is 0 Å². The van der Waals surface area contributed by atoms with Crippen LogP contribution in [0.15, 0.2) is 42.5 Å². The number of hydrogen-bond acceptors (Lipinski definition) is 4. The Morgan fingerprint density at radius 3 is 2.55 bits per heavy atom. The molecular formula is C24H29ClFN3O4. The Morgan fingerprint density at radius 2 is 1.94 bits per heavy atom. The number of carbonyl (C=O) groups excluding carboxylic acids is 1. The highest BCUT2D eigenvalue weighted by atomic mass is 35.5. The molecule has 33 heavy (non-hydrogen) atoms. The molecule has 2 amide bonds. The summed E-state index contributed by atoms with van der Waals surface area (Å²) >= 11 is 5.87. The lowest BCUT2D eigenvalue weighted by Crippen LogP contribution is -2.42. The van der Waals surface area contributed by atoms with Gasteiger partial charge >= 0.3 is 6.09 Å². The van der Waals surface area contributed by atoms with Crippen LogP contribution in [-0.2, 0) is 9.53 Å². The molecule has 1 aliphatic heterocycles. The van der Waals surface area contributed by atoms with Crippen molar-refractivity contribution < 1.29 is 23.8 Å². The summed E-state index contributed by atoms with van der Waals surface area (Å²) in [6.07, 6.45) is -2.35. The zero-order chi connectivity index (χ0) is 24.3. The Balaban J connectivity index is 1.95. The summed E-state index contributed by atoms with van der Waals surface area (Å²) in [6, 6.07) is 11.2. The Labute approximate surface area is 197 Å². The number of benzene rings is 2. The number of amides is 2. The van der Waals surface area contributed by atoms with Crippen molar-refractivity contribution >= 4 is 35.0 Å². The van der Waals surface area contributed by atoms with E-state index in [0.717, 1.165) is 0 Å². The number of halogens is 2. The first-order valence-electron chi connectivity index (χ1n) is 10.7. The fraction of sp³-hybridized carbons (Fsp3) is 0.417. The molecule has 0 radical (unpaired) electrons. The van der Waals surface area contributed by atoms with Gasteiger partial charge in [-0.3, -0.25) is 4.79 Å². The average molecular weight is 478 g/mol. The normalized spacial score (nSPS) is 21.4. The summed E-state index contributed by atoms with van der Waals surface area (Å²) in [5.74, 6) is -1.52. The van der Waals surface area contributed by atoms with Gasteiger partial charge in [0.2, 0.25) is 5.91 Å². The highest BCUT2D eigenvalue weighted by molar-refractivity contribution is 6.30. The molecule has 7 nitrogen and oxygen atoms in total. The molecule has 0 bridgehead atoms. The number of nitrogens with one attached hydrogen (secondary N) is 1. The highest BCUT2D eigenvalue weighted by Crippen LogP contribution is 2.39. The summed E-state index contributed by atoms with van der Waals surface area (Å²) in [5, 5.41) is 12.5. The van der Waals surface area contributed by atoms with Crippen LogP contribution in [-0.4, -0.2) is 41.2 Å². The minimum absolute atomic E-state index is 0.0271. The molecule has 2 aromatic carbocycles. The number of anilines is 2. The number of ether oxygens (including phenoxy) is 1. The van der Waals surface area contributed by atoms with Crippen LogP contribution >= 0.6 is 11.6 Å². The predicted molar refractivity (Wildman–Crippen MR) is 126 cm³/mol. The molecule has 9 heteroatoms. The van der Waals surface area contributed by atoms with Gasteiger partial charge in [0, 0.05) is 18.9 Å². The first-order valence-corrected chi connectivity index (χ1v) is 11.1. The van der Waals surface area contributed by atoms with E-state index in [2.05, 4.69) is 5.32 Å². The standard InChI is InChI=1S/C24H29ClFN3O4/c1-24(2,3)20-13-29(23(31)32)12-15(11-21(30)28-19-7-5-4-6-18(19)27)22(33-20)14-8-9-16(25)17(26)10-14/h4-10,15,20,22H,11-13,27H2,1-3H3,(H,28,30)(H,31,32)/t15-,20?,22+/m1/s1. The van der Waals surface area contributed by atoms with Crippen LogP contribution in [0.25, 0.3) is 0 Å². The van der Waals surface area contributed by atoms with Crippen molar-refractivity contribution in [2.75, 3.05) is 24.1 Å². The van der Waals surface area contributed by atoms with Crippen LogP contribution < -0.4 is 11.1 Å². The van der Waals surface area contributed by atoms with Gasteiger partial charge in [-0.05, 0) is 35.2 Å². The van der Waals surface area contributed by atoms with E-state index in [1.165, 1.54) is 17.0 Å². The third-order valence-electron chi connectivity index (χ3n) is 5.77. The molecule has 1 unspecified atom stereocenters. The Morgan fingerprint density at radius 1 is 1.24 bits per heavy atom. The van der Waals surface area contributed by atoms with Gasteiger partial charge in [0.25, 0.3) is 0 Å². The fourth-order valence-electron chi connectivity index (χ4n) is 3.88. The number of hydrogen-bond donors (Lipinski definition) is 3. The number of rotatable bonds is 4. The molecule has 1 heterocycles. The molecule has 178 valence electrons. The minimum atomic E-state index is -1.10. The van der Waals surface area contributed by atoms with E-state index >= 15 is 0 Å². The second-order valence-electron chi connectivity index (χ2n) is 9.37. The number of nitrogen functional groups attached to an aromatic ring is 1. The van der Waals surface area contributed by atoms with E-state index in [9.17, 15) is 19.1 Å². The minimum Gasteiger partial charge on any atom is -0.465 e. The largest absolute Gasteiger partial charge is 0.465 e. The lowest BCUT2D eigenvalue weighted by atomic mass is 9.88. The molecule has 0 aliphatic carbocycles. The van der Waals surface area contributed by atoms with Gasteiger partial charge in [0.05, 0.1) is 35.2 Å². The molecule has 3 atom stereocenters. The summed E-state index contributed by atoms with van der Waals surface area (Å²) in [7, 11) is 0. The molecule has 1 fully saturated rings. The number of carboxylic acid groups (broad SMARTS) is 1. The Hall–Kier alpha value is -2.84. The van der Waals surface area contributed by atoms with Gasteiger partial charge in [-0.25, -0.2) is 9.18 Å². The van der Waals surface area contributed by atoms with Crippen molar-refractivity contribution in [2.24, 2.45) is 11.3 Å². The monoisotopic (exact) mass is 477 g/mol. The summed E-state index contributed by atoms with van der Waals surface area (Å²) in [4.78, 5) is 26.1. The quantitative estimate of drug-likeness (QED) is 0.527. The van der Waals surface area contributed by atoms with E-state index < -0.39 is 35.5 Å². The molecule has 1 aliphatic rings. The number of nitrogens with zero attached hydrogens (tertiary/aromatic N) is 1. The van der Waals surface area contributed by atoms with Crippen LogP contribution in [0.3, 0.4) is 0 Å². The summed E-state index contributed by atoms with van der Waals surface area (Å²) in [6.45, 7) is 6.02. The van der Waals surface area contributed by atoms with Gasteiger partial charge in [0.15, 0.2) is 0 Å². The first-order chi connectivity index (χ1) is 15.5. The van der Waals surface area contributed by atoms with Crippen LogP contribution in [0.4, 0.5) is 20.6 Å². The SMILES string of the molecule is CC(C)(C)C1CN(C(=O)O)C[C@@H](CC(=O)Nc2ccccc2N)[C@H](c2ccc(Cl)c(F)c2)O1. The topological polar surface area (TPSA) is 105 Å². The maximum atomic E-state index is 14.3. The van der Waals surface area contributed by atoms with Gasteiger partial charge in [-0.2, -0.15) is 0 Å². The fourth-order valence-corrected chi connectivity index (χ4v) is 4.00. The van der Waals surface area contributed by atoms with E-state index in [0.29, 0.717) is 16.9 Å². The molecular weight excluding hydrogens is 449 g/mol. The van der Waals surface area contributed by atoms with E-state index in [4.69, 9.17) is 22.1 Å². The predicted octanol–water partition coefficient (Wildman–Crippen LogP) is 5.17. The maximum absolute atomic E-state index is 14.3. The van der Waals surface area contributed by atoms with Crippen LogP contribution in [0.5, 0.6) is 0 Å². The molecule has 2 aromatic rings. The lowest BCUT2D eigenvalue weighted by molar-refractivity contribution is -0.120. The van der Waals surface area contributed by atoms with Gasteiger partial charge in [0.1, 0.15) is 5.82 Å². The second-order valence-corrected chi connectivity index (χ2v) is 9.78. The van der Waals surface area contributed by atoms with Crippen molar-refractivity contribution in [3.05, 3.63) is 58.9 Å². The van der Waals surface area contributed by atoms with Gasteiger partial charge < -0.3 is 25.8 Å². The maximum Gasteiger partial charge on any atom is 0.407 e. The van der Waals surface area contributed by atoms with Crippen LogP contribution in [0.1, 0.15) is 38.9 Å². The zero-order valence-corrected chi connectivity index (χ0v) is 19.6. The highest BCUT2D eigenvalue weighted by Gasteiger charge is 2.40. The van der Waals surface area contributed by atoms with Crippen molar-refractivity contribution in [3.63, 3.8) is 0 Å². The number of nitrogens with two attached hydrogens (primary N) is 1. The second kappa shape index (κ2) is 9.97. The van der Waals surface area contributed by atoms with Gasteiger partial charge in [-0.15, -0.1) is 0 Å². The Bertz CT molecular complexity index is 1030. The lowest BCUT2D eigenvalue weighted by Gasteiger charge is -2.34. The molecule has 3 rings (SSSR count). The van der Waals surface area contributed by atoms with E-state index in [1.807, 2.05) is 20.8 Å². The third kappa shape index (κ3) is 6.15. The van der Waals surface area contributed by atoms with Crippen molar-refractivity contribution in [2.45, 2.75) is 39.4 Å². The number of para-hydroxylation sites is 2. The van der Waals surface area contributed by atoms with Gasteiger partial charge in [-0.1, -0.05) is 50.6 Å². The summed E-state index contributed by atoms with van der Waals surface area (Å²) < 4.78 is 20.7. The molecule has 4 N–H and O–H groups in total. The average Bonchev–Trinajstić information content (AvgIpc) is 2.92. The molecule has 1 saturated heterocycles. The van der Waals surface area contributed by atoms with Crippen molar-refractivity contribution in [1.29, 1.82) is 0 Å². The van der Waals surface area contributed by atoms with Crippen LogP contribution in [0, 0.1) is 17.2 Å². The van der Waals surface area contributed by atoms with Crippen LogP contribution in [0.2, 0.25) is 5.02 Å². The van der Waals surface area contributed by atoms with Crippen molar-refractivity contribution in [1.82, 2.24) is 4.90 Å². The molecule has 0 saturated carbocycles. The molecule has 0 aromatic heterocycles. The smallest absolute Gasteiger partial charge is 0.407 e. The zero-order valence-electron chi connectivity index (χ0n) is 18.8. The van der Waals surface area contributed by atoms with E-state index in [-0.39, 0.29) is 30.4 Å². The Kier molecular flexibility index (Phi) is 7.49. The third-order valence-corrected chi connectivity index (χ3v) is 6.08. The summed E-state index contributed by atoms with van der Waals surface area (Å²) in [5.41, 5.74) is 6.91. The van der Waals surface area contributed by atoms with E-state index in [1.54, 1.807) is 30.3 Å². The number of carbonyl (C=O) groups is 2. The first kappa shape index (κ1) is 24.8. The molecule has 0 spiro atoms.